The zero-order chi connectivity index (χ0) is 18.1. The van der Waals surface area contributed by atoms with E-state index in [1.165, 1.54) is 24.3 Å². The third-order valence-electron chi connectivity index (χ3n) is 5.03. The minimum Gasteiger partial charge on any atom is -0.339 e. The molecule has 26 heavy (non-hydrogen) atoms. The van der Waals surface area contributed by atoms with Crippen LogP contribution < -0.4 is 0 Å². The van der Waals surface area contributed by atoms with E-state index in [2.05, 4.69) is 10.1 Å². The number of aromatic nitrogens is 2. The van der Waals surface area contributed by atoms with Crippen LogP contribution in [0.15, 0.2) is 28.8 Å². The Morgan fingerprint density at radius 1 is 1.19 bits per heavy atom. The highest BCUT2D eigenvalue weighted by molar-refractivity contribution is 7.88. The van der Waals surface area contributed by atoms with Gasteiger partial charge in [0.2, 0.25) is 15.9 Å². The Morgan fingerprint density at radius 2 is 1.96 bits per heavy atom. The molecule has 0 amide bonds. The van der Waals surface area contributed by atoms with Crippen molar-refractivity contribution in [1.29, 1.82) is 0 Å². The van der Waals surface area contributed by atoms with Crippen molar-refractivity contribution in [2.24, 2.45) is 5.92 Å². The zero-order valence-corrected chi connectivity index (χ0v) is 15.3. The predicted molar refractivity (Wildman–Crippen MR) is 93.3 cm³/mol. The lowest BCUT2D eigenvalue weighted by Crippen LogP contribution is -2.41. The molecular weight excluding hydrogens is 357 g/mol. The largest absolute Gasteiger partial charge is 0.339 e. The van der Waals surface area contributed by atoms with Crippen LogP contribution in [0.4, 0.5) is 4.39 Å². The molecule has 1 unspecified atom stereocenters. The molecule has 4 rings (SSSR count). The number of rotatable bonds is 6. The maximum atomic E-state index is 13.0. The Kier molecular flexibility index (Phi) is 4.79. The molecule has 2 heterocycles. The van der Waals surface area contributed by atoms with Crippen LogP contribution in [0.5, 0.6) is 0 Å². The van der Waals surface area contributed by atoms with Crippen molar-refractivity contribution in [2.75, 3.05) is 13.1 Å². The Bertz CT molecular complexity index is 862. The highest BCUT2D eigenvalue weighted by atomic mass is 32.2. The Morgan fingerprint density at radius 3 is 2.69 bits per heavy atom. The number of hydrogen-bond acceptors (Lipinski definition) is 5. The Hall–Kier alpha value is -1.80. The van der Waals surface area contributed by atoms with E-state index in [9.17, 15) is 12.8 Å². The fourth-order valence-electron chi connectivity index (χ4n) is 3.43. The number of halogens is 1. The minimum atomic E-state index is -3.43. The van der Waals surface area contributed by atoms with Crippen molar-refractivity contribution in [3.8, 4) is 0 Å². The maximum Gasteiger partial charge on any atom is 0.226 e. The van der Waals surface area contributed by atoms with Gasteiger partial charge in [-0.2, -0.15) is 4.98 Å². The molecule has 0 spiro atoms. The van der Waals surface area contributed by atoms with E-state index < -0.39 is 10.0 Å². The summed E-state index contributed by atoms with van der Waals surface area (Å²) in [6, 6.07) is 5.62. The first-order chi connectivity index (χ1) is 12.5. The van der Waals surface area contributed by atoms with Crippen molar-refractivity contribution in [3.05, 3.63) is 47.4 Å². The van der Waals surface area contributed by atoms with Gasteiger partial charge in [0.05, 0.1) is 5.75 Å². The van der Waals surface area contributed by atoms with Crippen molar-refractivity contribution < 1.29 is 17.3 Å². The van der Waals surface area contributed by atoms with Crippen LogP contribution in [0.1, 0.15) is 48.9 Å². The van der Waals surface area contributed by atoms with E-state index in [1.54, 1.807) is 4.31 Å². The van der Waals surface area contributed by atoms with Crippen LogP contribution >= 0.6 is 0 Å². The molecular formula is C18H22FN3O3S. The molecule has 1 saturated carbocycles. The molecule has 0 N–H and O–H groups in total. The summed E-state index contributed by atoms with van der Waals surface area (Å²) in [6.45, 7) is 0.988. The Labute approximate surface area is 152 Å². The topological polar surface area (TPSA) is 76.3 Å². The second kappa shape index (κ2) is 7.08. The number of sulfonamides is 1. The van der Waals surface area contributed by atoms with Gasteiger partial charge in [-0.1, -0.05) is 17.3 Å². The van der Waals surface area contributed by atoms with Gasteiger partial charge in [0.1, 0.15) is 5.82 Å². The first-order valence-electron chi connectivity index (χ1n) is 9.04. The van der Waals surface area contributed by atoms with Crippen LogP contribution in [0.25, 0.3) is 0 Å². The number of nitrogens with zero attached hydrogens (tertiary/aromatic N) is 3. The number of hydrogen-bond donors (Lipinski definition) is 0. The summed E-state index contributed by atoms with van der Waals surface area (Å²) >= 11 is 0. The molecule has 0 bridgehead atoms. The lowest BCUT2D eigenvalue weighted by molar-refractivity contribution is 0.246. The molecule has 2 aliphatic rings. The highest BCUT2D eigenvalue weighted by Crippen LogP contribution is 2.38. The number of piperidine rings is 1. The summed E-state index contributed by atoms with van der Waals surface area (Å²) in [4.78, 5) is 4.45. The SMILES string of the molecule is O=S(=O)(Cc1ccc(F)cc1)N1CCCC(Cc2nc(C3CC3)no2)C1. The molecule has 6 nitrogen and oxygen atoms in total. The van der Waals surface area contributed by atoms with Gasteiger partial charge in [-0.05, 0) is 49.3 Å². The predicted octanol–water partition coefficient (Wildman–Crippen LogP) is 2.87. The molecule has 1 saturated heterocycles. The van der Waals surface area contributed by atoms with Crippen LogP contribution in [-0.2, 0) is 22.2 Å². The van der Waals surface area contributed by atoms with Crippen molar-refractivity contribution in [2.45, 2.75) is 43.8 Å². The molecule has 1 aliphatic carbocycles. The monoisotopic (exact) mass is 379 g/mol. The van der Waals surface area contributed by atoms with E-state index in [1.807, 2.05) is 0 Å². The van der Waals surface area contributed by atoms with Crippen LogP contribution in [0.2, 0.25) is 0 Å². The van der Waals surface area contributed by atoms with Gasteiger partial charge in [-0.15, -0.1) is 0 Å². The average molecular weight is 379 g/mol. The van der Waals surface area contributed by atoms with Crippen LogP contribution in [-0.4, -0.2) is 36.0 Å². The van der Waals surface area contributed by atoms with Gasteiger partial charge in [-0.3, -0.25) is 0 Å². The van der Waals surface area contributed by atoms with Gasteiger partial charge in [0.25, 0.3) is 0 Å². The fourth-order valence-corrected chi connectivity index (χ4v) is 5.08. The first kappa shape index (κ1) is 17.6. The quantitative estimate of drug-likeness (QED) is 0.771. The fraction of sp³-hybridized carbons (Fsp3) is 0.556. The number of benzene rings is 1. The summed E-state index contributed by atoms with van der Waals surface area (Å²) in [5, 5.41) is 4.03. The zero-order valence-electron chi connectivity index (χ0n) is 14.5. The van der Waals surface area contributed by atoms with Gasteiger partial charge < -0.3 is 4.52 Å². The van der Waals surface area contributed by atoms with Crippen LogP contribution in [0.3, 0.4) is 0 Å². The molecule has 0 radical (unpaired) electrons. The molecule has 140 valence electrons. The molecule has 1 aliphatic heterocycles. The normalized spacial score (nSPS) is 21.8. The van der Waals surface area contributed by atoms with Crippen LogP contribution in [0, 0.1) is 11.7 Å². The smallest absolute Gasteiger partial charge is 0.226 e. The second-order valence-corrected chi connectivity index (χ2v) is 9.24. The summed E-state index contributed by atoms with van der Waals surface area (Å²) in [6.07, 6.45) is 4.62. The van der Waals surface area contributed by atoms with E-state index in [0.29, 0.717) is 36.9 Å². The average Bonchev–Trinajstić information content (AvgIpc) is 3.37. The second-order valence-electron chi connectivity index (χ2n) is 7.27. The summed E-state index contributed by atoms with van der Waals surface area (Å²) in [5.74, 6) is 1.55. The van der Waals surface area contributed by atoms with Gasteiger partial charge in [0, 0.05) is 25.4 Å². The summed E-state index contributed by atoms with van der Waals surface area (Å²) < 4.78 is 45.3. The third kappa shape index (κ3) is 4.12. The standard InChI is InChI=1S/C18H22FN3O3S/c19-16-7-3-13(4-8-16)12-26(23,24)22-9-1-2-14(11-22)10-17-20-18(21-25-17)15-5-6-15/h3-4,7-8,14-15H,1-2,5-6,9-12H2. The lowest BCUT2D eigenvalue weighted by Gasteiger charge is -2.31. The first-order valence-corrected chi connectivity index (χ1v) is 10.7. The van der Waals surface area contributed by atoms with Crippen molar-refractivity contribution >= 4 is 10.0 Å². The van der Waals surface area contributed by atoms with Gasteiger partial charge in [0.15, 0.2) is 5.82 Å². The van der Waals surface area contributed by atoms with E-state index in [4.69, 9.17) is 4.52 Å². The van der Waals surface area contributed by atoms with E-state index in [-0.39, 0.29) is 17.5 Å². The third-order valence-corrected chi connectivity index (χ3v) is 6.84. The molecule has 8 heteroatoms. The minimum absolute atomic E-state index is 0.105. The van der Waals surface area contributed by atoms with Gasteiger partial charge >= 0.3 is 0 Å². The summed E-state index contributed by atoms with van der Waals surface area (Å²) in [7, 11) is -3.43. The van der Waals surface area contributed by atoms with E-state index >= 15 is 0 Å². The molecule has 1 aromatic heterocycles. The Balaban J connectivity index is 1.39. The van der Waals surface area contributed by atoms with Crippen molar-refractivity contribution in [3.63, 3.8) is 0 Å². The summed E-state index contributed by atoms with van der Waals surface area (Å²) in [5.41, 5.74) is 0.597. The van der Waals surface area contributed by atoms with E-state index in [0.717, 1.165) is 31.5 Å². The molecule has 1 atom stereocenters. The molecule has 1 aromatic carbocycles. The lowest BCUT2D eigenvalue weighted by atomic mass is 9.96. The van der Waals surface area contributed by atoms with Gasteiger partial charge in [-0.25, -0.2) is 17.1 Å². The molecule has 2 fully saturated rings. The maximum absolute atomic E-state index is 13.0. The van der Waals surface area contributed by atoms with Crippen molar-refractivity contribution in [1.82, 2.24) is 14.4 Å². The highest BCUT2D eigenvalue weighted by Gasteiger charge is 2.32. The molecule has 2 aromatic rings.